The summed E-state index contributed by atoms with van der Waals surface area (Å²) in [6.07, 6.45) is 1.54. The van der Waals surface area contributed by atoms with Crippen LogP contribution in [0.4, 0.5) is 0 Å². The van der Waals surface area contributed by atoms with Gasteiger partial charge in [-0.3, -0.25) is 19.5 Å². The summed E-state index contributed by atoms with van der Waals surface area (Å²) in [6.45, 7) is 0.672. The number of rotatable bonds is 1. The minimum atomic E-state index is -0.383. The van der Waals surface area contributed by atoms with Crippen molar-refractivity contribution in [2.24, 2.45) is 10.7 Å². The number of carbonyl (C=O) groups is 2. The Morgan fingerprint density at radius 2 is 1.78 bits per heavy atom. The highest BCUT2D eigenvalue weighted by Crippen LogP contribution is 2.26. The molecule has 2 amide bonds. The Bertz CT molecular complexity index is 530. The molecule has 0 aliphatic carbocycles. The van der Waals surface area contributed by atoms with Crippen molar-refractivity contribution in [2.45, 2.75) is 18.9 Å². The number of hydrogen-bond acceptors (Lipinski definition) is 4. The van der Waals surface area contributed by atoms with Crippen LogP contribution in [0, 0.1) is 0 Å². The number of hydrogen-bond donors (Lipinski definition) is 1. The lowest BCUT2D eigenvalue weighted by Crippen LogP contribution is -2.49. The van der Waals surface area contributed by atoms with E-state index in [0.29, 0.717) is 29.9 Å². The second kappa shape index (κ2) is 3.94. The first-order valence-corrected chi connectivity index (χ1v) is 5.97. The summed E-state index contributed by atoms with van der Waals surface area (Å²) < 4.78 is 0. The highest BCUT2D eigenvalue weighted by atomic mass is 16.2. The first kappa shape index (κ1) is 11.0. The Hall–Kier alpha value is -2.17. The number of carbonyl (C=O) groups excluding carboxylic acids is 2. The van der Waals surface area contributed by atoms with Gasteiger partial charge in [0.15, 0.2) is 0 Å². The van der Waals surface area contributed by atoms with Gasteiger partial charge in [0.1, 0.15) is 5.84 Å². The largest absolute Gasteiger partial charge is 0.386 e. The molecule has 1 atom stereocenters. The number of benzene rings is 1. The van der Waals surface area contributed by atoms with Gasteiger partial charge in [-0.1, -0.05) is 12.1 Å². The molecule has 18 heavy (non-hydrogen) atoms. The Balaban J connectivity index is 2.02. The molecule has 5 heteroatoms. The second-order valence-corrected chi connectivity index (χ2v) is 4.49. The summed E-state index contributed by atoms with van der Waals surface area (Å²) in [7, 11) is 0. The highest BCUT2D eigenvalue weighted by molar-refractivity contribution is 6.23. The second-order valence-electron chi connectivity index (χ2n) is 4.49. The van der Waals surface area contributed by atoms with E-state index in [1.807, 2.05) is 0 Å². The fourth-order valence-corrected chi connectivity index (χ4v) is 2.50. The molecule has 0 radical (unpaired) electrons. The summed E-state index contributed by atoms with van der Waals surface area (Å²) in [5, 5.41) is 0. The van der Waals surface area contributed by atoms with Crippen LogP contribution in [-0.2, 0) is 0 Å². The summed E-state index contributed by atoms with van der Waals surface area (Å²) in [4.78, 5) is 29.9. The molecule has 2 N–H and O–H groups in total. The molecule has 1 unspecified atom stereocenters. The quantitative estimate of drug-likeness (QED) is 0.741. The van der Waals surface area contributed by atoms with Gasteiger partial charge in [-0.05, 0) is 25.0 Å². The number of amides is 2. The third-order valence-electron chi connectivity index (χ3n) is 3.41. The van der Waals surface area contributed by atoms with Crippen molar-refractivity contribution < 1.29 is 9.59 Å². The van der Waals surface area contributed by atoms with Crippen molar-refractivity contribution in [1.29, 1.82) is 0 Å². The van der Waals surface area contributed by atoms with Crippen LogP contribution in [-0.4, -0.2) is 35.1 Å². The molecular formula is C13H13N3O2. The summed E-state index contributed by atoms with van der Waals surface area (Å²) in [5.74, 6) is -0.142. The van der Waals surface area contributed by atoms with E-state index in [0.717, 1.165) is 6.42 Å². The molecule has 1 aromatic rings. The van der Waals surface area contributed by atoms with Gasteiger partial charge in [0.25, 0.3) is 11.8 Å². The van der Waals surface area contributed by atoms with E-state index in [1.54, 1.807) is 24.3 Å². The lowest BCUT2D eigenvalue weighted by Gasteiger charge is -2.28. The van der Waals surface area contributed by atoms with E-state index in [9.17, 15) is 9.59 Å². The van der Waals surface area contributed by atoms with Crippen molar-refractivity contribution in [3.8, 4) is 0 Å². The van der Waals surface area contributed by atoms with Gasteiger partial charge in [-0.15, -0.1) is 0 Å². The zero-order chi connectivity index (χ0) is 12.7. The van der Waals surface area contributed by atoms with Gasteiger partial charge in [0.05, 0.1) is 17.2 Å². The average Bonchev–Trinajstić information content (AvgIpc) is 2.64. The maximum atomic E-state index is 12.2. The molecule has 2 aliphatic rings. The molecular weight excluding hydrogens is 230 g/mol. The third-order valence-corrected chi connectivity index (χ3v) is 3.41. The first-order valence-electron chi connectivity index (χ1n) is 5.97. The summed E-state index contributed by atoms with van der Waals surface area (Å²) in [6, 6.07) is 6.47. The predicted octanol–water partition coefficient (Wildman–Crippen LogP) is 0.802. The van der Waals surface area contributed by atoms with Gasteiger partial charge >= 0.3 is 0 Å². The number of imide groups is 1. The predicted molar refractivity (Wildman–Crippen MR) is 66.5 cm³/mol. The Labute approximate surface area is 104 Å². The molecule has 3 rings (SSSR count). The van der Waals surface area contributed by atoms with Crippen LogP contribution < -0.4 is 5.73 Å². The van der Waals surface area contributed by atoms with Crippen LogP contribution in [0.2, 0.25) is 0 Å². The van der Waals surface area contributed by atoms with Gasteiger partial charge < -0.3 is 5.73 Å². The highest BCUT2D eigenvalue weighted by Gasteiger charge is 2.41. The van der Waals surface area contributed by atoms with E-state index in [1.165, 1.54) is 4.90 Å². The van der Waals surface area contributed by atoms with Crippen LogP contribution in [0.25, 0.3) is 0 Å². The summed E-state index contributed by atoms with van der Waals surface area (Å²) in [5.41, 5.74) is 6.74. The number of nitrogens with zero attached hydrogens (tertiary/aromatic N) is 2. The molecule has 2 heterocycles. The monoisotopic (exact) mass is 243 g/mol. The van der Waals surface area contributed by atoms with E-state index in [4.69, 9.17) is 5.73 Å². The van der Waals surface area contributed by atoms with Crippen LogP contribution in [0.3, 0.4) is 0 Å². The molecule has 0 bridgehead atoms. The van der Waals surface area contributed by atoms with Gasteiger partial charge in [0, 0.05) is 6.54 Å². The normalized spacial score (nSPS) is 23.0. The van der Waals surface area contributed by atoms with E-state index in [2.05, 4.69) is 4.99 Å². The van der Waals surface area contributed by atoms with E-state index < -0.39 is 0 Å². The molecule has 0 fully saturated rings. The minimum Gasteiger partial charge on any atom is -0.386 e. The maximum Gasteiger partial charge on any atom is 0.262 e. The van der Waals surface area contributed by atoms with Crippen molar-refractivity contribution in [3.05, 3.63) is 35.4 Å². The maximum absolute atomic E-state index is 12.2. The zero-order valence-electron chi connectivity index (χ0n) is 9.80. The Kier molecular flexibility index (Phi) is 2.40. The van der Waals surface area contributed by atoms with Crippen molar-refractivity contribution >= 4 is 17.6 Å². The molecule has 92 valence electrons. The smallest absolute Gasteiger partial charge is 0.262 e. The Morgan fingerprint density at radius 3 is 2.33 bits per heavy atom. The molecule has 0 aromatic heterocycles. The fourth-order valence-electron chi connectivity index (χ4n) is 2.50. The number of aliphatic imine (C=N–C) groups is 1. The minimum absolute atomic E-state index is 0.263. The van der Waals surface area contributed by atoms with Crippen LogP contribution in [0.5, 0.6) is 0 Å². The van der Waals surface area contributed by atoms with E-state index in [-0.39, 0.29) is 17.9 Å². The zero-order valence-corrected chi connectivity index (χ0v) is 9.80. The molecule has 0 saturated carbocycles. The van der Waals surface area contributed by atoms with Crippen LogP contribution in [0.1, 0.15) is 33.6 Å². The first-order chi connectivity index (χ1) is 8.70. The van der Waals surface area contributed by atoms with Gasteiger partial charge in [0.2, 0.25) is 0 Å². The van der Waals surface area contributed by atoms with Crippen LogP contribution >= 0.6 is 0 Å². The van der Waals surface area contributed by atoms with Gasteiger partial charge in [-0.25, -0.2) is 0 Å². The van der Waals surface area contributed by atoms with Crippen molar-refractivity contribution in [2.75, 3.05) is 6.54 Å². The Morgan fingerprint density at radius 1 is 1.17 bits per heavy atom. The summed E-state index contributed by atoms with van der Waals surface area (Å²) >= 11 is 0. The fraction of sp³-hybridized carbons (Fsp3) is 0.308. The molecule has 2 aliphatic heterocycles. The lowest BCUT2D eigenvalue weighted by molar-refractivity contribution is 0.0616. The molecule has 0 saturated heterocycles. The van der Waals surface area contributed by atoms with Crippen molar-refractivity contribution in [3.63, 3.8) is 0 Å². The van der Waals surface area contributed by atoms with Crippen molar-refractivity contribution in [1.82, 2.24) is 4.90 Å². The SMILES string of the molecule is NC1=NCCCC1N1C(=O)c2ccccc2C1=O. The number of nitrogens with two attached hydrogens (primary N) is 1. The molecule has 1 aromatic carbocycles. The lowest BCUT2D eigenvalue weighted by atomic mass is 10.1. The van der Waals surface area contributed by atoms with Gasteiger partial charge in [-0.2, -0.15) is 0 Å². The standard InChI is InChI=1S/C13H13N3O2/c14-11-10(6-3-7-15-11)16-12(17)8-4-1-2-5-9(8)13(16)18/h1-2,4-5,10H,3,6-7H2,(H2,14,15). The number of amidine groups is 1. The van der Waals surface area contributed by atoms with E-state index >= 15 is 0 Å². The van der Waals surface area contributed by atoms with Crippen LogP contribution in [0.15, 0.2) is 29.3 Å². The third kappa shape index (κ3) is 1.44. The number of fused-ring (bicyclic) bond motifs is 1. The average molecular weight is 243 g/mol. The molecule has 0 spiro atoms. The molecule has 5 nitrogen and oxygen atoms in total. The topological polar surface area (TPSA) is 75.8 Å².